The van der Waals surface area contributed by atoms with Gasteiger partial charge in [0.2, 0.25) is 5.91 Å². The van der Waals surface area contributed by atoms with Gasteiger partial charge in [-0.25, -0.2) is 0 Å². The van der Waals surface area contributed by atoms with Crippen LogP contribution in [0.4, 0.5) is 5.69 Å². The van der Waals surface area contributed by atoms with Crippen molar-refractivity contribution in [1.82, 2.24) is 10.9 Å². The molecular weight excluding hydrogens is 450 g/mol. The molecule has 0 aliphatic rings. The molecule has 160 valence electrons. The van der Waals surface area contributed by atoms with Crippen molar-refractivity contribution >= 4 is 39.3 Å². The second kappa shape index (κ2) is 12.0. The number of halogens is 1. The maximum absolute atomic E-state index is 12.5. The molecular formula is C22H26BrN3O4. The topological polar surface area (TPSA) is 96.5 Å². The first-order chi connectivity index (χ1) is 14.4. The minimum absolute atomic E-state index is 0.0589. The lowest BCUT2D eigenvalue weighted by Crippen LogP contribution is -2.41. The Morgan fingerprint density at radius 2 is 1.63 bits per heavy atom. The van der Waals surface area contributed by atoms with Crippen LogP contribution in [0, 0.1) is 0 Å². The van der Waals surface area contributed by atoms with E-state index in [1.54, 1.807) is 42.5 Å². The van der Waals surface area contributed by atoms with Gasteiger partial charge in [-0.05, 0) is 55.3 Å². The first-order valence-corrected chi connectivity index (χ1v) is 10.7. The fraction of sp³-hybridized carbons (Fsp3) is 0.318. The predicted molar refractivity (Wildman–Crippen MR) is 119 cm³/mol. The third kappa shape index (κ3) is 7.18. The van der Waals surface area contributed by atoms with E-state index in [1.807, 2.05) is 13.8 Å². The van der Waals surface area contributed by atoms with Gasteiger partial charge in [0.1, 0.15) is 5.75 Å². The molecule has 0 heterocycles. The molecule has 0 bridgehead atoms. The second-order valence-electron chi connectivity index (χ2n) is 6.63. The molecule has 0 saturated carbocycles. The molecule has 2 aromatic carbocycles. The summed E-state index contributed by atoms with van der Waals surface area (Å²) in [6, 6.07) is 11.5. The zero-order chi connectivity index (χ0) is 21.9. The van der Waals surface area contributed by atoms with Gasteiger partial charge in [0.15, 0.2) is 0 Å². The normalized spacial score (nSPS) is 10.2. The van der Waals surface area contributed by atoms with E-state index in [-0.39, 0.29) is 5.91 Å². The molecule has 3 amide bonds. The van der Waals surface area contributed by atoms with Crippen molar-refractivity contribution in [3.63, 3.8) is 0 Å². The van der Waals surface area contributed by atoms with E-state index in [2.05, 4.69) is 32.1 Å². The van der Waals surface area contributed by atoms with Gasteiger partial charge in [-0.1, -0.05) is 36.2 Å². The fourth-order valence-corrected chi connectivity index (χ4v) is 2.90. The molecule has 8 heteroatoms. The van der Waals surface area contributed by atoms with E-state index in [0.717, 1.165) is 23.7 Å². The van der Waals surface area contributed by atoms with Crippen LogP contribution in [0.1, 0.15) is 60.2 Å². The monoisotopic (exact) mass is 475 g/mol. The molecule has 0 aromatic heterocycles. The average molecular weight is 476 g/mol. The summed E-state index contributed by atoms with van der Waals surface area (Å²) in [6.07, 6.45) is 3.05. The first kappa shape index (κ1) is 23.4. The quantitative estimate of drug-likeness (QED) is 0.467. The van der Waals surface area contributed by atoms with Crippen molar-refractivity contribution in [2.24, 2.45) is 0 Å². The summed E-state index contributed by atoms with van der Waals surface area (Å²) in [7, 11) is 0. The fourth-order valence-electron chi connectivity index (χ4n) is 2.54. The summed E-state index contributed by atoms with van der Waals surface area (Å²) >= 11 is 3.33. The number of carbonyl (C=O) groups is 3. The van der Waals surface area contributed by atoms with Crippen LogP contribution < -0.4 is 20.9 Å². The van der Waals surface area contributed by atoms with Gasteiger partial charge in [0.05, 0.1) is 12.2 Å². The van der Waals surface area contributed by atoms with Gasteiger partial charge in [0, 0.05) is 22.1 Å². The maximum atomic E-state index is 12.5. The second-order valence-corrected chi connectivity index (χ2v) is 7.54. The average Bonchev–Trinajstić information content (AvgIpc) is 2.75. The third-order valence-electron chi connectivity index (χ3n) is 4.13. The summed E-state index contributed by atoms with van der Waals surface area (Å²) in [6.45, 7) is 4.48. The van der Waals surface area contributed by atoms with Crippen molar-refractivity contribution in [2.45, 2.75) is 39.5 Å². The number of hydrogen-bond donors (Lipinski definition) is 3. The summed E-state index contributed by atoms with van der Waals surface area (Å²) in [5.74, 6) is -0.583. The van der Waals surface area contributed by atoms with Crippen LogP contribution in [-0.2, 0) is 4.79 Å². The third-order valence-corrected chi connectivity index (χ3v) is 4.62. The van der Waals surface area contributed by atoms with Gasteiger partial charge in [-0.15, -0.1) is 0 Å². The molecule has 0 spiro atoms. The van der Waals surface area contributed by atoms with Crippen LogP contribution in [0.15, 0.2) is 46.9 Å². The van der Waals surface area contributed by atoms with Gasteiger partial charge >= 0.3 is 0 Å². The number of anilines is 1. The number of carbonyl (C=O) groups excluding carboxylic acids is 3. The molecule has 2 rings (SSSR count). The Morgan fingerprint density at radius 3 is 2.30 bits per heavy atom. The highest BCUT2D eigenvalue weighted by atomic mass is 79.9. The lowest BCUT2D eigenvalue weighted by atomic mass is 10.2. The van der Waals surface area contributed by atoms with Gasteiger partial charge in [0.25, 0.3) is 11.8 Å². The standard InChI is InChI=1S/C22H26BrN3O4/c1-3-5-6-20(27)24-17-10-7-15(8-11-17)21(28)25-26-22(29)18-14-16(23)9-12-19(18)30-13-4-2/h7-12,14H,3-6,13H2,1-2H3,(H,24,27)(H,25,28)(H,26,29). The lowest BCUT2D eigenvalue weighted by Gasteiger charge is -2.12. The number of ether oxygens (including phenoxy) is 1. The smallest absolute Gasteiger partial charge is 0.273 e. The number of nitrogens with one attached hydrogen (secondary N) is 3. The molecule has 7 nitrogen and oxygen atoms in total. The van der Waals surface area contributed by atoms with Crippen molar-refractivity contribution in [2.75, 3.05) is 11.9 Å². The van der Waals surface area contributed by atoms with E-state index >= 15 is 0 Å². The van der Waals surface area contributed by atoms with Crippen LogP contribution in [-0.4, -0.2) is 24.3 Å². The van der Waals surface area contributed by atoms with E-state index in [9.17, 15) is 14.4 Å². The number of hydrogen-bond acceptors (Lipinski definition) is 4. The number of hydrazine groups is 1. The molecule has 0 radical (unpaired) electrons. The highest BCUT2D eigenvalue weighted by Gasteiger charge is 2.15. The Balaban J connectivity index is 1.95. The SMILES string of the molecule is CCCCC(=O)Nc1ccc(C(=O)NNC(=O)c2cc(Br)ccc2OCCC)cc1. The molecule has 0 fully saturated rings. The molecule has 30 heavy (non-hydrogen) atoms. The largest absolute Gasteiger partial charge is 0.493 e. The number of unbranched alkanes of at least 4 members (excludes halogenated alkanes) is 1. The molecule has 0 saturated heterocycles. The molecule has 0 aliphatic heterocycles. The Kier molecular flexibility index (Phi) is 9.34. The summed E-state index contributed by atoms with van der Waals surface area (Å²) in [5, 5.41) is 2.78. The number of benzene rings is 2. The van der Waals surface area contributed by atoms with Crippen molar-refractivity contribution in [3.05, 3.63) is 58.1 Å². The van der Waals surface area contributed by atoms with Gasteiger partial charge in [-0.2, -0.15) is 0 Å². The van der Waals surface area contributed by atoms with Crippen LogP contribution in [0.5, 0.6) is 5.75 Å². The van der Waals surface area contributed by atoms with Crippen LogP contribution in [0.2, 0.25) is 0 Å². The molecule has 3 N–H and O–H groups in total. The van der Waals surface area contributed by atoms with Gasteiger partial charge in [-0.3, -0.25) is 25.2 Å². The lowest BCUT2D eigenvalue weighted by molar-refractivity contribution is -0.116. The van der Waals surface area contributed by atoms with Crippen LogP contribution in [0.25, 0.3) is 0 Å². The Hall–Kier alpha value is -2.87. The van der Waals surface area contributed by atoms with E-state index in [0.29, 0.717) is 35.6 Å². The molecule has 0 unspecified atom stereocenters. The Labute approximate surface area is 184 Å². The molecule has 2 aromatic rings. The van der Waals surface area contributed by atoms with Crippen LogP contribution in [0.3, 0.4) is 0 Å². The van der Waals surface area contributed by atoms with E-state index in [1.165, 1.54) is 0 Å². The maximum Gasteiger partial charge on any atom is 0.273 e. The minimum Gasteiger partial charge on any atom is -0.493 e. The van der Waals surface area contributed by atoms with E-state index in [4.69, 9.17) is 4.74 Å². The van der Waals surface area contributed by atoms with E-state index < -0.39 is 11.8 Å². The summed E-state index contributed by atoms with van der Waals surface area (Å²) in [4.78, 5) is 36.6. The summed E-state index contributed by atoms with van der Waals surface area (Å²) in [5.41, 5.74) is 6.06. The number of amides is 3. The van der Waals surface area contributed by atoms with Crippen molar-refractivity contribution in [3.8, 4) is 5.75 Å². The highest BCUT2D eigenvalue weighted by molar-refractivity contribution is 9.10. The predicted octanol–water partition coefficient (Wildman–Crippen LogP) is 4.44. The Morgan fingerprint density at radius 1 is 0.933 bits per heavy atom. The highest BCUT2D eigenvalue weighted by Crippen LogP contribution is 2.23. The molecule has 0 atom stereocenters. The summed E-state index contributed by atoms with van der Waals surface area (Å²) < 4.78 is 6.32. The zero-order valence-corrected chi connectivity index (χ0v) is 18.7. The number of rotatable bonds is 9. The van der Waals surface area contributed by atoms with Crippen LogP contribution >= 0.6 is 15.9 Å². The zero-order valence-electron chi connectivity index (χ0n) is 17.1. The first-order valence-electron chi connectivity index (χ1n) is 9.87. The van der Waals surface area contributed by atoms with Gasteiger partial charge < -0.3 is 10.1 Å². The Bertz CT molecular complexity index is 884. The molecule has 0 aliphatic carbocycles. The van der Waals surface area contributed by atoms with Crippen molar-refractivity contribution < 1.29 is 19.1 Å². The minimum atomic E-state index is -0.490. The van der Waals surface area contributed by atoms with Crippen molar-refractivity contribution in [1.29, 1.82) is 0 Å².